The summed E-state index contributed by atoms with van der Waals surface area (Å²) in [4.78, 5) is 36.0. The highest BCUT2D eigenvalue weighted by Crippen LogP contribution is 2.32. The van der Waals surface area contributed by atoms with Crippen LogP contribution in [0.15, 0.2) is 43.2 Å². The number of hydrogen-bond donors (Lipinski definition) is 1. The number of amides is 2. The molecule has 0 bridgehead atoms. The normalized spacial score (nSPS) is 19.2. The minimum absolute atomic E-state index is 0.0520. The maximum Gasteiger partial charge on any atom is 0.232 e. The van der Waals surface area contributed by atoms with Crippen molar-refractivity contribution in [2.45, 2.75) is 46.2 Å². The van der Waals surface area contributed by atoms with Crippen molar-refractivity contribution in [3.8, 4) is 0 Å². The summed E-state index contributed by atoms with van der Waals surface area (Å²) < 4.78 is 3.96. The maximum atomic E-state index is 13.1. The lowest BCUT2D eigenvalue weighted by Crippen LogP contribution is -2.50. The molecule has 0 radical (unpaired) electrons. The van der Waals surface area contributed by atoms with E-state index < -0.39 is 5.41 Å². The molecule has 0 aliphatic carbocycles. The van der Waals surface area contributed by atoms with E-state index in [4.69, 9.17) is 0 Å². The standard InChI is InChI=1S/C22H28N6O2/c1-3-27-16-24-18-13-17(5-6-19(18)27)25-21(30)22(2)8-4-10-28(14-22)20(29)7-11-26-12-9-23-15-26/h5-6,9,12-13,15-16H,3-4,7-8,10-11,14H2,1-2H3,(H,25,30). The van der Waals surface area contributed by atoms with Crippen LogP contribution < -0.4 is 5.32 Å². The summed E-state index contributed by atoms with van der Waals surface area (Å²) in [6, 6.07) is 5.80. The largest absolute Gasteiger partial charge is 0.342 e. The zero-order valence-corrected chi connectivity index (χ0v) is 17.5. The van der Waals surface area contributed by atoms with Crippen molar-refractivity contribution in [2.75, 3.05) is 18.4 Å². The Balaban J connectivity index is 1.40. The molecule has 1 N–H and O–H groups in total. The Kier molecular flexibility index (Phi) is 5.57. The van der Waals surface area contributed by atoms with E-state index in [9.17, 15) is 9.59 Å². The van der Waals surface area contributed by atoms with Crippen molar-refractivity contribution in [1.82, 2.24) is 24.0 Å². The molecule has 158 valence electrons. The second-order valence-corrected chi connectivity index (χ2v) is 8.22. The van der Waals surface area contributed by atoms with Gasteiger partial charge >= 0.3 is 0 Å². The van der Waals surface area contributed by atoms with Gasteiger partial charge in [0, 0.05) is 50.7 Å². The first-order chi connectivity index (χ1) is 14.5. The quantitative estimate of drug-likeness (QED) is 0.680. The molecule has 1 aliphatic heterocycles. The number of rotatable bonds is 6. The first-order valence-electron chi connectivity index (χ1n) is 10.5. The van der Waals surface area contributed by atoms with E-state index in [1.807, 2.05) is 47.1 Å². The molecule has 1 fully saturated rings. The molecule has 3 heterocycles. The number of fused-ring (bicyclic) bond motifs is 1. The second kappa shape index (κ2) is 8.30. The SMILES string of the molecule is CCn1cnc2cc(NC(=O)C3(C)CCCN(C(=O)CCn4ccnc4)C3)ccc21. The van der Waals surface area contributed by atoms with Crippen molar-refractivity contribution in [3.05, 3.63) is 43.2 Å². The Morgan fingerprint density at radius 1 is 1.27 bits per heavy atom. The minimum Gasteiger partial charge on any atom is -0.342 e. The molecule has 2 aromatic heterocycles. The van der Waals surface area contributed by atoms with E-state index in [0.29, 0.717) is 26.1 Å². The highest BCUT2D eigenvalue weighted by Gasteiger charge is 2.39. The molecule has 3 aromatic rings. The van der Waals surface area contributed by atoms with Gasteiger partial charge in [-0.3, -0.25) is 9.59 Å². The van der Waals surface area contributed by atoms with Crippen molar-refractivity contribution < 1.29 is 9.59 Å². The monoisotopic (exact) mass is 408 g/mol. The van der Waals surface area contributed by atoms with Gasteiger partial charge in [-0.1, -0.05) is 0 Å². The van der Waals surface area contributed by atoms with Crippen LogP contribution in [0, 0.1) is 5.41 Å². The second-order valence-electron chi connectivity index (χ2n) is 8.22. The zero-order valence-electron chi connectivity index (χ0n) is 17.5. The van der Waals surface area contributed by atoms with E-state index in [2.05, 4.69) is 26.8 Å². The number of aryl methyl sites for hydroxylation is 2. The van der Waals surface area contributed by atoms with Crippen LogP contribution in [-0.4, -0.2) is 48.9 Å². The minimum atomic E-state index is -0.610. The number of carbonyl (C=O) groups is 2. The fraction of sp³-hybridized carbons (Fsp3) is 0.455. The Morgan fingerprint density at radius 3 is 2.90 bits per heavy atom. The third kappa shape index (κ3) is 4.08. The van der Waals surface area contributed by atoms with Crippen LogP contribution in [0.1, 0.15) is 33.1 Å². The van der Waals surface area contributed by atoms with Crippen LogP contribution in [0.2, 0.25) is 0 Å². The summed E-state index contributed by atoms with van der Waals surface area (Å²) in [6.45, 7) is 6.61. The van der Waals surface area contributed by atoms with E-state index in [-0.39, 0.29) is 11.8 Å². The molecule has 4 rings (SSSR count). The summed E-state index contributed by atoms with van der Waals surface area (Å²) in [5, 5.41) is 3.05. The Bertz CT molecular complexity index is 1040. The number of carbonyl (C=O) groups excluding carboxylic acids is 2. The van der Waals surface area contributed by atoms with E-state index >= 15 is 0 Å². The average molecular weight is 409 g/mol. The lowest BCUT2D eigenvalue weighted by Gasteiger charge is -2.39. The predicted molar refractivity (Wildman–Crippen MR) is 115 cm³/mol. The van der Waals surface area contributed by atoms with E-state index in [1.165, 1.54) is 0 Å². The molecule has 0 saturated carbocycles. The van der Waals surface area contributed by atoms with Crippen LogP contribution in [0.3, 0.4) is 0 Å². The lowest BCUT2D eigenvalue weighted by molar-refractivity contribution is -0.138. The maximum absolute atomic E-state index is 13.1. The molecule has 0 spiro atoms. The fourth-order valence-electron chi connectivity index (χ4n) is 4.12. The Hall–Kier alpha value is -3.16. The molecule has 2 amide bonds. The fourth-order valence-corrected chi connectivity index (χ4v) is 4.12. The smallest absolute Gasteiger partial charge is 0.232 e. The van der Waals surface area contributed by atoms with Crippen molar-refractivity contribution in [1.29, 1.82) is 0 Å². The van der Waals surface area contributed by atoms with Crippen LogP contribution in [0.5, 0.6) is 0 Å². The number of benzene rings is 1. The first-order valence-corrected chi connectivity index (χ1v) is 10.5. The summed E-state index contributed by atoms with van der Waals surface area (Å²) in [5.74, 6) is 0.0258. The third-order valence-corrected chi connectivity index (χ3v) is 5.96. The number of imidazole rings is 2. The molecule has 30 heavy (non-hydrogen) atoms. The van der Waals surface area contributed by atoms with E-state index in [0.717, 1.165) is 36.1 Å². The lowest BCUT2D eigenvalue weighted by atomic mass is 9.80. The highest BCUT2D eigenvalue weighted by molar-refractivity contribution is 5.97. The number of nitrogens with one attached hydrogen (secondary N) is 1. The van der Waals surface area contributed by atoms with Gasteiger partial charge in [0.1, 0.15) is 0 Å². The van der Waals surface area contributed by atoms with Gasteiger partial charge in [0.05, 0.1) is 29.1 Å². The van der Waals surface area contributed by atoms with Gasteiger partial charge in [0.15, 0.2) is 0 Å². The number of nitrogens with zero attached hydrogens (tertiary/aromatic N) is 5. The van der Waals surface area contributed by atoms with Crippen molar-refractivity contribution in [3.63, 3.8) is 0 Å². The van der Waals surface area contributed by atoms with Crippen molar-refractivity contribution >= 4 is 28.5 Å². The molecular formula is C22H28N6O2. The molecule has 1 atom stereocenters. The first kappa shape index (κ1) is 20.1. The topological polar surface area (TPSA) is 85.0 Å². The molecule has 1 aromatic carbocycles. The summed E-state index contributed by atoms with van der Waals surface area (Å²) in [7, 11) is 0. The summed E-state index contributed by atoms with van der Waals surface area (Å²) >= 11 is 0. The number of piperidine rings is 1. The third-order valence-electron chi connectivity index (χ3n) is 5.96. The van der Waals surface area contributed by atoms with Gasteiger partial charge in [-0.15, -0.1) is 0 Å². The average Bonchev–Trinajstić information content (AvgIpc) is 3.41. The van der Waals surface area contributed by atoms with Crippen LogP contribution in [0.4, 0.5) is 5.69 Å². The van der Waals surface area contributed by atoms with Crippen LogP contribution >= 0.6 is 0 Å². The number of likely N-dealkylation sites (tertiary alicyclic amines) is 1. The van der Waals surface area contributed by atoms with Crippen molar-refractivity contribution in [2.24, 2.45) is 5.41 Å². The van der Waals surface area contributed by atoms with Crippen LogP contribution in [0.25, 0.3) is 11.0 Å². The molecular weight excluding hydrogens is 380 g/mol. The highest BCUT2D eigenvalue weighted by atomic mass is 16.2. The number of anilines is 1. The van der Waals surface area contributed by atoms with Gasteiger partial charge in [0.25, 0.3) is 0 Å². The van der Waals surface area contributed by atoms with Crippen LogP contribution in [-0.2, 0) is 22.7 Å². The number of aromatic nitrogens is 4. The predicted octanol–water partition coefficient (Wildman–Crippen LogP) is 2.91. The van der Waals surface area contributed by atoms with Gasteiger partial charge < -0.3 is 19.4 Å². The van der Waals surface area contributed by atoms with Gasteiger partial charge in [-0.05, 0) is 44.9 Å². The molecule has 8 nitrogen and oxygen atoms in total. The molecule has 1 unspecified atom stereocenters. The zero-order chi connectivity index (χ0) is 21.1. The van der Waals surface area contributed by atoms with Gasteiger partial charge in [-0.25, -0.2) is 9.97 Å². The number of hydrogen-bond acceptors (Lipinski definition) is 4. The summed E-state index contributed by atoms with van der Waals surface area (Å²) in [5.41, 5.74) is 2.04. The molecule has 1 saturated heterocycles. The molecule has 1 aliphatic rings. The van der Waals surface area contributed by atoms with E-state index in [1.54, 1.807) is 12.5 Å². The molecule has 8 heteroatoms. The Labute approximate surface area is 175 Å². The van der Waals surface area contributed by atoms with Gasteiger partial charge in [0.2, 0.25) is 11.8 Å². The summed E-state index contributed by atoms with van der Waals surface area (Å²) in [6.07, 6.45) is 9.06. The Morgan fingerprint density at radius 2 is 2.13 bits per heavy atom. The van der Waals surface area contributed by atoms with Gasteiger partial charge in [-0.2, -0.15) is 0 Å².